The van der Waals surface area contributed by atoms with E-state index in [1.807, 2.05) is 31.2 Å². The lowest BCUT2D eigenvalue weighted by atomic mass is 10.0. The molecular formula is C12H13BrN2O. The maximum absolute atomic E-state index is 11.9. The van der Waals surface area contributed by atoms with Gasteiger partial charge >= 0.3 is 0 Å². The Hall–Kier alpha value is -1.13. The zero-order chi connectivity index (χ0) is 11.5. The van der Waals surface area contributed by atoms with E-state index in [0.717, 1.165) is 28.8 Å². The van der Waals surface area contributed by atoms with Gasteiger partial charge in [-0.15, -0.1) is 0 Å². The molecule has 1 aromatic rings. The second-order valence-corrected chi connectivity index (χ2v) is 4.62. The Morgan fingerprint density at radius 2 is 2.06 bits per heavy atom. The number of carbonyl (C=O) groups is 1. The lowest BCUT2D eigenvalue weighted by molar-refractivity contribution is -0.112. The summed E-state index contributed by atoms with van der Waals surface area (Å²) in [6.07, 6.45) is 0. The summed E-state index contributed by atoms with van der Waals surface area (Å²) in [6.45, 7) is 3.52. The number of para-hydroxylation sites is 1. The molecule has 1 heterocycles. The first kappa shape index (κ1) is 11.4. The molecule has 16 heavy (non-hydrogen) atoms. The van der Waals surface area contributed by atoms with Gasteiger partial charge in [0, 0.05) is 23.1 Å². The van der Waals surface area contributed by atoms with E-state index < -0.39 is 0 Å². The average Bonchev–Trinajstić information content (AvgIpc) is 2.18. The fraction of sp³-hybridized carbons (Fsp3) is 0.250. The van der Waals surface area contributed by atoms with Crippen LogP contribution in [-0.4, -0.2) is 19.0 Å². The number of benzene rings is 1. The largest absolute Gasteiger partial charge is 0.321 e. The first-order valence-corrected chi connectivity index (χ1v) is 5.93. The summed E-state index contributed by atoms with van der Waals surface area (Å²) in [5, 5.41) is 6.01. The van der Waals surface area contributed by atoms with Crippen molar-refractivity contribution in [3.8, 4) is 0 Å². The van der Waals surface area contributed by atoms with Gasteiger partial charge in [-0.05, 0) is 40.6 Å². The predicted octanol–water partition coefficient (Wildman–Crippen LogP) is 2.31. The van der Waals surface area contributed by atoms with Crippen LogP contribution in [0.5, 0.6) is 0 Å². The molecule has 3 nitrogen and oxygen atoms in total. The molecule has 0 aromatic heterocycles. The molecule has 0 spiro atoms. The van der Waals surface area contributed by atoms with Crippen molar-refractivity contribution < 1.29 is 4.79 Å². The number of hydrogen-bond donors (Lipinski definition) is 2. The third-order valence-electron chi connectivity index (χ3n) is 2.67. The Balaban J connectivity index is 2.11. The van der Waals surface area contributed by atoms with Crippen LogP contribution in [0.25, 0.3) is 0 Å². The third kappa shape index (κ3) is 2.33. The summed E-state index contributed by atoms with van der Waals surface area (Å²) in [5.41, 5.74) is 2.80. The van der Waals surface area contributed by atoms with E-state index in [4.69, 9.17) is 0 Å². The van der Waals surface area contributed by atoms with Crippen LogP contribution in [0.3, 0.4) is 0 Å². The number of halogens is 1. The molecule has 0 unspecified atom stereocenters. The summed E-state index contributed by atoms with van der Waals surface area (Å²) >= 11 is 3.40. The quantitative estimate of drug-likeness (QED) is 0.817. The highest BCUT2D eigenvalue weighted by molar-refractivity contribution is 9.10. The van der Waals surface area contributed by atoms with Crippen molar-refractivity contribution in [3.05, 3.63) is 39.9 Å². The van der Waals surface area contributed by atoms with E-state index in [9.17, 15) is 4.79 Å². The standard InChI is InChI=1S/C12H13BrN2O/c1-8(9-6-14-7-9)12(16)15-11-5-3-2-4-10(11)13/h2-5,14H,6-7H2,1H3,(H,15,16). The van der Waals surface area contributed by atoms with Crippen molar-refractivity contribution in [2.45, 2.75) is 6.92 Å². The maximum Gasteiger partial charge on any atom is 0.251 e. The van der Waals surface area contributed by atoms with Gasteiger partial charge in [0.1, 0.15) is 0 Å². The summed E-state index contributed by atoms with van der Waals surface area (Å²) in [6, 6.07) is 7.59. The van der Waals surface area contributed by atoms with E-state index in [1.54, 1.807) is 0 Å². The number of nitrogens with one attached hydrogen (secondary N) is 2. The van der Waals surface area contributed by atoms with Crippen LogP contribution in [0.4, 0.5) is 5.69 Å². The molecule has 0 atom stereocenters. The zero-order valence-electron chi connectivity index (χ0n) is 9.01. The van der Waals surface area contributed by atoms with Crippen molar-refractivity contribution in [1.82, 2.24) is 5.32 Å². The Bertz CT molecular complexity index is 448. The molecule has 2 N–H and O–H groups in total. The maximum atomic E-state index is 11.9. The lowest BCUT2D eigenvalue weighted by Gasteiger charge is -2.21. The van der Waals surface area contributed by atoms with Crippen LogP contribution < -0.4 is 10.6 Å². The summed E-state index contributed by atoms with van der Waals surface area (Å²) in [4.78, 5) is 11.9. The molecule has 0 aliphatic carbocycles. The number of hydrogen-bond acceptors (Lipinski definition) is 2. The molecule has 1 saturated heterocycles. The predicted molar refractivity (Wildman–Crippen MR) is 68.3 cm³/mol. The topological polar surface area (TPSA) is 41.1 Å². The van der Waals surface area contributed by atoms with Gasteiger partial charge in [0.05, 0.1) is 5.69 Å². The number of amides is 1. The molecule has 0 radical (unpaired) electrons. The lowest BCUT2D eigenvalue weighted by Crippen LogP contribution is -2.36. The van der Waals surface area contributed by atoms with Gasteiger partial charge in [-0.2, -0.15) is 0 Å². The average molecular weight is 281 g/mol. The van der Waals surface area contributed by atoms with Gasteiger partial charge < -0.3 is 10.6 Å². The van der Waals surface area contributed by atoms with Crippen molar-refractivity contribution in [2.75, 3.05) is 18.4 Å². The molecule has 84 valence electrons. The summed E-state index contributed by atoms with van der Waals surface area (Å²) in [7, 11) is 0. The van der Waals surface area contributed by atoms with Gasteiger partial charge in [0.2, 0.25) is 0 Å². The first-order valence-electron chi connectivity index (χ1n) is 5.13. The normalized spacial score (nSPS) is 14.2. The Labute approximate surface area is 103 Å². The molecule has 1 amide bonds. The van der Waals surface area contributed by atoms with E-state index in [-0.39, 0.29) is 5.91 Å². The summed E-state index contributed by atoms with van der Waals surface area (Å²) in [5.74, 6) is -0.0246. The van der Waals surface area contributed by atoms with Gasteiger partial charge in [0.15, 0.2) is 0 Å². The number of anilines is 1. The molecule has 0 saturated carbocycles. The molecule has 1 aromatic carbocycles. The van der Waals surface area contributed by atoms with Crippen molar-refractivity contribution in [3.63, 3.8) is 0 Å². The van der Waals surface area contributed by atoms with Crippen LogP contribution in [0, 0.1) is 0 Å². The second kappa shape index (κ2) is 4.80. The molecule has 1 aliphatic heterocycles. The molecule has 0 bridgehead atoms. The van der Waals surface area contributed by atoms with Crippen LogP contribution in [0.1, 0.15) is 6.92 Å². The highest BCUT2D eigenvalue weighted by Gasteiger charge is 2.16. The Morgan fingerprint density at radius 3 is 2.62 bits per heavy atom. The SMILES string of the molecule is CC(C(=O)Nc1ccccc1Br)=C1CNC1. The minimum Gasteiger partial charge on any atom is -0.321 e. The van der Waals surface area contributed by atoms with Crippen LogP contribution in [0.2, 0.25) is 0 Å². The van der Waals surface area contributed by atoms with E-state index >= 15 is 0 Å². The second-order valence-electron chi connectivity index (χ2n) is 3.77. The van der Waals surface area contributed by atoms with Crippen LogP contribution >= 0.6 is 15.9 Å². The zero-order valence-corrected chi connectivity index (χ0v) is 10.6. The van der Waals surface area contributed by atoms with Gasteiger partial charge in [0.25, 0.3) is 5.91 Å². The van der Waals surface area contributed by atoms with Gasteiger partial charge in [-0.25, -0.2) is 0 Å². The Morgan fingerprint density at radius 1 is 1.38 bits per heavy atom. The minimum absolute atomic E-state index is 0.0246. The number of carbonyl (C=O) groups excluding carboxylic acids is 1. The molecular weight excluding hydrogens is 268 g/mol. The summed E-state index contributed by atoms with van der Waals surface area (Å²) < 4.78 is 0.896. The first-order chi connectivity index (χ1) is 7.68. The number of rotatable bonds is 2. The minimum atomic E-state index is -0.0246. The fourth-order valence-corrected chi connectivity index (χ4v) is 1.84. The van der Waals surface area contributed by atoms with Crippen LogP contribution in [-0.2, 0) is 4.79 Å². The monoisotopic (exact) mass is 280 g/mol. The van der Waals surface area contributed by atoms with Crippen molar-refractivity contribution in [1.29, 1.82) is 0 Å². The smallest absolute Gasteiger partial charge is 0.251 e. The van der Waals surface area contributed by atoms with Gasteiger partial charge in [-0.1, -0.05) is 12.1 Å². The molecule has 2 rings (SSSR count). The van der Waals surface area contributed by atoms with E-state index in [2.05, 4.69) is 26.6 Å². The molecule has 4 heteroatoms. The van der Waals surface area contributed by atoms with E-state index in [0.29, 0.717) is 0 Å². The highest BCUT2D eigenvalue weighted by Crippen LogP contribution is 2.22. The Kier molecular flexibility index (Phi) is 3.41. The van der Waals surface area contributed by atoms with Gasteiger partial charge in [-0.3, -0.25) is 4.79 Å². The molecule has 1 fully saturated rings. The van der Waals surface area contributed by atoms with Crippen molar-refractivity contribution >= 4 is 27.5 Å². The fourth-order valence-electron chi connectivity index (χ4n) is 1.45. The van der Waals surface area contributed by atoms with Crippen LogP contribution in [0.15, 0.2) is 39.9 Å². The highest BCUT2D eigenvalue weighted by atomic mass is 79.9. The third-order valence-corrected chi connectivity index (χ3v) is 3.36. The molecule has 1 aliphatic rings. The van der Waals surface area contributed by atoms with Crippen molar-refractivity contribution in [2.24, 2.45) is 0 Å². The van der Waals surface area contributed by atoms with E-state index in [1.165, 1.54) is 5.57 Å².